The molecule has 1 fully saturated rings. The molecule has 2 rings (SSSR count). The summed E-state index contributed by atoms with van der Waals surface area (Å²) in [5.41, 5.74) is 0.686. The van der Waals surface area contributed by atoms with Crippen molar-refractivity contribution < 1.29 is 14.3 Å². The highest BCUT2D eigenvalue weighted by Gasteiger charge is 2.21. The number of amides is 1. The third-order valence-corrected chi connectivity index (χ3v) is 2.73. The molecule has 100 valence electrons. The van der Waals surface area contributed by atoms with E-state index in [2.05, 4.69) is 10.4 Å². The topological polar surface area (TPSA) is 65.4 Å². The van der Waals surface area contributed by atoms with E-state index in [9.17, 15) is 4.79 Å². The Labute approximate surface area is 106 Å². The molecule has 1 amide bonds. The van der Waals surface area contributed by atoms with Crippen LogP contribution in [0, 0.1) is 5.92 Å². The van der Waals surface area contributed by atoms with Crippen LogP contribution in [0.15, 0.2) is 12.4 Å². The highest BCUT2D eigenvalue weighted by atomic mass is 16.5. The molecule has 1 aromatic heterocycles. The summed E-state index contributed by atoms with van der Waals surface area (Å²) in [6.45, 7) is 2.07. The van der Waals surface area contributed by atoms with Crippen molar-refractivity contribution in [3.63, 3.8) is 0 Å². The second kappa shape index (κ2) is 6.51. The maximum atomic E-state index is 11.5. The van der Waals surface area contributed by atoms with E-state index < -0.39 is 0 Å². The lowest BCUT2D eigenvalue weighted by Crippen LogP contribution is -2.18. The van der Waals surface area contributed by atoms with Crippen LogP contribution in [0.1, 0.15) is 12.8 Å². The van der Waals surface area contributed by atoms with E-state index in [1.54, 1.807) is 24.2 Å². The summed E-state index contributed by atoms with van der Waals surface area (Å²) in [6.07, 6.45) is 5.86. The van der Waals surface area contributed by atoms with Gasteiger partial charge in [0.2, 0.25) is 5.91 Å². The van der Waals surface area contributed by atoms with E-state index in [0.717, 1.165) is 0 Å². The minimum atomic E-state index is -0.137. The van der Waals surface area contributed by atoms with Crippen LogP contribution in [0.25, 0.3) is 0 Å². The number of hydrogen-bond donors (Lipinski definition) is 1. The van der Waals surface area contributed by atoms with Gasteiger partial charge in [-0.2, -0.15) is 5.10 Å². The largest absolute Gasteiger partial charge is 0.383 e. The fourth-order valence-corrected chi connectivity index (χ4v) is 1.54. The molecule has 1 saturated carbocycles. The predicted molar refractivity (Wildman–Crippen MR) is 66.3 cm³/mol. The third-order valence-electron chi connectivity index (χ3n) is 2.73. The number of nitrogens with one attached hydrogen (secondary N) is 1. The van der Waals surface area contributed by atoms with Crippen LogP contribution in [0.2, 0.25) is 0 Å². The monoisotopic (exact) mass is 253 g/mol. The molecule has 1 N–H and O–H groups in total. The van der Waals surface area contributed by atoms with Crippen molar-refractivity contribution in [2.24, 2.45) is 5.92 Å². The molecule has 6 heteroatoms. The molecule has 18 heavy (non-hydrogen) atoms. The Kier molecular flexibility index (Phi) is 4.72. The van der Waals surface area contributed by atoms with Crippen molar-refractivity contribution in [2.45, 2.75) is 19.4 Å². The molecule has 0 aromatic carbocycles. The molecule has 1 aliphatic rings. The number of ether oxygens (including phenoxy) is 2. The summed E-state index contributed by atoms with van der Waals surface area (Å²) in [5.74, 6) is 0.538. The number of carbonyl (C=O) groups excluding carboxylic acids is 1. The average molecular weight is 253 g/mol. The minimum Gasteiger partial charge on any atom is -0.383 e. The highest BCUT2D eigenvalue weighted by Crippen LogP contribution is 2.28. The molecule has 0 unspecified atom stereocenters. The number of aromatic nitrogens is 2. The predicted octanol–water partition coefficient (Wildman–Crippen LogP) is 0.895. The average Bonchev–Trinajstić information content (AvgIpc) is 3.06. The molecular weight excluding hydrogens is 234 g/mol. The van der Waals surface area contributed by atoms with Gasteiger partial charge >= 0.3 is 0 Å². The highest BCUT2D eigenvalue weighted by molar-refractivity contribution is 5.91. The lowest BCUT2D eigenvalue weighted by Gasteiger charge is -2.03. The number of methoxy groups -OCH3 is 1. The van der Waals surface area contributed by atoms with E-state index in [-0.39, 0.29) is 12.5 Å². The van der Waals surface area contributed by atoms with E-state index >= 15 is 0 Å². The van der Waals surface area contributed by atoms with E-state index in [4.69, 9.17) is 9.47 Å². The van der Waals surface area contributed by atoms with E-state index in [1.807, 2.05) is 0 Å². The lowest BCUT2D eigenvalue weighted by molar-refractivity contribution is -0.120. The van der Waals surface area contributed by atoms with Crippen molar-refractivity contribution >= 4 is 11.6 Å². The van der Waals surface area contributed by atoms with Gasteiger partial charge < -0.3 is 14.8 Å². The lowest BCUT2D eigenvalue weighted by atomic mass is 10.4. The van der Waals surface area contributed by atoms with Gasteiger partial charge in [0.05, 0.1) is 31.6 Å². The molecular formula is C12H19N3O3. The summed E-state index contributed by atoms with van der Waals surface area (Å²) in [7, 11) is 1.64. The van der Waals surface area contributed by atoms with Crippen LogP contribution in [0.5, 0.6) is 0 Å². The number of hydrogen-bond acceptors (Lipinski definition) is 4. The first-order valence-electron chi connectivity index (χ1n) is 6.17. The second-order valence-corrected chi connectivity index (χ2v) is 4.49. The van der Waals surface area contributed by atoms with Crippen LogP contribution in [0.3, 0.4) is 0 Å². The number of nitrogens with zero attached hydrogens (tertiary/aromatic N) is 2. The molecule has 0 spiro atoms. The summed E-state index contributed by atoms with van der Waals surface area (Å²) < 4.78 is 12.0. The number of rotatable bonds is 8. The van der Waals surface area contributed by atoms with Gasteiger partial charge in [0, 0.05) is 13.3 Å². The van der Waals surface area contributed by atoms with Gasteiger partial charge in [0.1, 0.15) is 6.61 Å². The van der Waals surface area contributed by atoms with Gasteiger partial charge in [-0.25, -0.2) is 0 Å². The zero-order valence-electron chi connectivity index (χ0n) is 10.6. The van der Waals surface area contributed by atoms with Gasteiger partial charge in [-0.1, -0.05) is 0 Å². The standard InChI is InChI=1S/C12H19N3O3/c1-17-5-4-15-7-11(6-13-15)14-12(16)9-18-8-10-2-3-10/h6-7,10H,2-5,8-9H2,1H3,(H,14,16). The molecule has 0 radical (unpaired) electrons. The first-order valence-corrected chi connectivity index (χ1v) is 6.17. The van der Waals surface area contributed by atoms with Gasteiger partial charge in [-0.3, -0.25) is 9.48 Å². The van der Waals surface area contributed by atoms with Crippen molar-refractivity contribution in [2.75, 3.05) is 32.2 Å². The Morgan fingerprint density at radius 1 is 1.61 bits per heavy atom. The van der Waals surface area contributed by atoms with Crippen molar-refractivity contribution in [3.05, 3.63) is 12.4 Å². The summed E-state index contributed by atoms with van der Waals surface area (Å²) in [4.78, 5) is 11.5. The minimum absolute atomic E-state index is 0.111. The maximum absolute atomic E-state index is 11.5. The quantitative estimate of drug-likeness (QED) is 0.747. The van der Waals surface area contributed by atoms with Gasteiger partial charge in [0.25, 0.3) is 0 Å². The molecule has 0 aliphatic heterocycles. The zero-order chi connectivity index (χ0) is 12.8. The normalized spacial score (nSPS) is 14.7. The maximum Gasteiger partial charge on any atom is 0.250 e. The van der Waals surface area contributed by atoms with Crippen molar-refractivity contribution in [1.82, 2.24) is 9.78 Å². The Balaban J connectivity index is 1.66. The molecule has 1 heterocycles. The van der Waals surface area contributed by atoms with Crippen molar-refractivity contribution in [1.29, 1.82) is 0 Å². The Morgan fingerprint density at radius 3 is 3.17 bits per heavy atom. The molecule has 1 aliphatic carbocycles. The fraction of sp³-hybridized carbons (Fsp3) is 0.667. The summed E-state index contributed by atoms with van der Waals surface area (Å²) in [6, 6.07) is 0. The first kappa shape index (κ1) is 13.0. The van der Waals surface area contributed by atoms with Crippen LogP contribution in [-0.2, 0) is 20.8 Å². The van der Waals surface area contributed by atoms with Gasteiger partial charge in [0.15, 0.2) is 0 Å². The van der Waals surface area contributed by atoms with Crippen LogP contribution in [-0.4, -0.2) is 42.6 Å². The SMILES string of the molecule is COCCn1cc(NC(=O)COCC2CC2)cn1. The first-order chi connectivity index (χ1) is 8.78. The zero-order valence-corrected chi connectivity index (χ0v) is 10.6. The fourth-order valence-electron chi connectivity index (χ4n) is 1.54. The molecule has 0 atom stereocenters. The molecule has 1 aromatic rings. The van der Waals surface area contributed by atoms with Gasteiger partial charge in [-0.15, -0.1) is 0 Å². The summed E-state index contributed by atoms with van der Waals surface area (Å²) in [5, 5.41) is 6.85. The third kappa shape index (κ3) is 4.46. The van der Waals surface area contributed by atoms with Crippen LogP contribution < -0.4 is 5.32 Å². The van der Waals surface area contributed by atoms with Gasteiger partial charge in [-0.05, 0) is 18.8 Å². The molecule has 0 bridgehead atoms. The van der Waals surface area contributed by atoms with Crippen molar-refractivity contribution in [3.8, 4) is 0 Å². The molecule has 6 nitrogen and oxygen atoms in total. The van der Waals surface area contributed by atoms with E-state index in [0.29, 0.717) is 31.4 Å². The van der Waals surface area contributed by atoms with Crippen LogP contribution in [0.4, 0.5) is 5.69 Å². The number of anilines is 1. The molecule has 0 saturated heterocycles. The second-order valence-electron chi connectivity index (χ2n) is 4.49. The van der Waals surface area contributed by atoms with E-state index in [1.165, 1.54) is 12.8 Å². The summed E-state index contributed by atoms with van der Waals surface area (Å²) >= 11 is 0. The smallest absolute Gasteiger partial charge is 0.250 e. The Bertz CT molecular complexity index is 388. The number of carbonyl (C=O) groups is 1. The Morgan fingerprint density at radius 2 is 2.44 bits per heavy atom. The van der Waals surface area contributed by atoms with Crippen LogP contribution >= 0.6 is 0 Å². The Hall–Kier alpha value is -1.40.